The number of hydrogen-bond donors (Lipinski definition) is 1. The topological polar surface area (TPSA) is 93.3 Å². The second-order valence-corrected chi connectivity index (χ2v) is 4.67. The van der Waals surface area contributed by atoms with Crippen LogP contribution >= 0.6 is 11.8 Å². The first-order valence-corrected chi connectivity index (χ1v) is 6.11. The van der Waals surface area contributed by atoms with Crippen molar-refractivity contribution in [2.24, 2.45) is 0 Å². The van der Waals surface area contributed by atoms with E-state index in [4.69, 9.17) is 5.11 Å². The molecule has 1 heterocycles. The van der Waals surface area contributed by atoms with Gasteiger partial charge in [-0.25, -0.2) is 14.2 Å². The van der Waals surface area contributed by atoms with Crippen molar-refractivity contribution in [1.29, 1.82) is 0 Å². The molecule has 2 aromatic rings. The fraction of sp³-hybridized carbons (Fsp3) is 0. The van der Waals surface area contributed by atoms with Gasteiger partial charge in [0.2, 0.25) is 0 Å². The van der Waals surface area contributed by atoms with Crippen molar-refractivity contribution < 1.29 is 19.2 Å². The van der Waals surface area contributed by atoms with Crippen molar-refractivity contribution in [2.45, 2.75) is 9.92 Å². The molecule has 6 nitrogen and oxygen atoms in total. The molecule has 0 fully saturated rings. The van der Waals surface area contributed by atoms with Gasteiger partial charge in [-0.3, -0.25) is 10.1 Å². The quantitative estimate of drug-likeness (QED) is 0.688. The summed E-state index contributed by atoms with van der Waals surface area (Å²) in [6.45, 7) is 0. The molecule has 0 spiro atoms. The van der Waals surface area contributed by atoms with Gasteiger partial charge >= 0.3 is 5.97 Å². The number of aromatic carboxylic acids is 1. The molecule has 0 saturated heterocycles. The standard InChI is InChI=1S/C12H7FN2O4S/c13-7-5-8(12(16)17)11(14-6-7)20-10-4-2-1-3-9(10)15(18)19/h1-6H,(H,16,17). The Morgan fingerprint density at radius 3 is 2.75 bits per heavy atom. The zero-order valence-electron chi connectivity index (χ0n) is 9.82. The zero-order chi connectivity index (χ0) is 14.7. The Kier molecular flexibility index (Phi) is 3.94. The van der Waals surface area contributed by atoms with Crippen LogP contribution in [-0.2, 0) is 0 Å². The van der Waals surface area contributed by atoms with Crippen molar-refractivity contribution in [3.05, 3.63) is 58.0 Å². The highest BCUT2D eigenvalue weighted by atomic mass is 32.2. The van der Waals surface area contributed by atoms with E-state index in [-0.39, 0.29) is 21.2 Å². The van der Waals surface area contributed by atoms with Gasteiger partial charge in [-0.2, -0.15) is 0 Å². The monoisotopic (exact) mass is 294 g/mol. The molecule has 0 unspecified atom stereocenters. The molecule has 0 aliphatic carbocycles. The summed E-state index contributed by atoms with van der Waals surface area (Å²) in [6.07, 6.45) is 0.865. The van der Waals surface area contributed by atoms with Gasteiger partial charge in [0.15, 0.2) is 0 Å². The number of benzene rings is 1. The smallest absolute Gasteiger partial charge is 0.338 e. The van der Waals surface area contributed by atoms with Crippen LogP contribution in [0.2, 0.25) is 0 Å². The van der Waals surface area contributed by atoms with Crippen LogP contribution < -0.4 is 0 Å². The number of aromatic nitrogens is 1. The molecule has 102 valence electrons. The summed E-state index contributed by atoms with van der Waals surface area (Å²) < 4.78 is 13.0. The predicted octanol–water partition coefficient (Wildman–Crippen LogP) is 2.98. The molecule has 1 aromatic carbocycles. The number of hydrogen-bond acceptors (Lipinski definition) is 5. The van der Waals surface area contributed by atoms with Gasteiger partial charge in [-0.1, -0.05) is 23.9 Å². The predicted molar refractivity (Wildman–Crippen MR) is 68.4 cm³/mol. The third-order valence-corrected chi connectivity index (χ3v) is 3.40. The van der Waals surface area contributed by atoms with E-state index >= 15 is 0 Å². The Morgan fingerprint density at radius 2 is 2.10 bits per heavy atom. The molecular formula is C12H7FN2O4S. The highest BCUT2D eigenvalue weighted by Gasteiger charge is 2.19. The summed E-state index contributed by atoms with van der Waals surface area (Å²) in [5.74, 6) is -2.13. The van der Waals surface area contributed by atoms with Crippen LogP contribution in [0.25, 0.3) is 0 Å². The summed E-state index contributed by atoms with van der Waals surface area (Å²) in [4.78, 5) is 25.2. The number of carbonyl (C=O) groups is 1. The second kappa shape index (κ2) is 5.66. The highest BCUT2D eigenvalue weighted by molar-refractivity contribution is 7.99. The number of pyridine rings is 1. The summed E-state index contributed by atoms with van der Waals surface area (Å²) in [6, 6.07) is 6.68. The van der Waals surface area contributed by atoms with Gasteiger partial charge in [-0.15, -0.1) is 0 Å². The molecule has 0 amide bonds. The number of carboxylic acids is 1. The minimum Gasteiger partial charge on any atom is -0.478 e. The lowest BCUT2D eigenvalue weighted by Crippen LogP contribution is -2.02. The van der Waals surface area contributed by atoms with Gasteiger partial charge < -0.3 is 5.11 Å². The van der Waals surface area contributed by atoms with Crippen molar-refractivity contribution in [3.8, 4) is 0 Å². The Balaban J connectivity index is 2.45. The first-order chi connectivity index (χ1) is 9.49. The highest BCUT2D eigenvalue weighted by Crippen LogP contribution is 2.35. The van der Waals surface area contributed by atoms with Crippen LogP contribution in [-0.4, -0.2) is 21.0 Å². The van der Waals surface area contributed by atoms with Gasteiger partial charge in [-0.05, 0) is 12.1 Å². The number of carboxylic acid groups (broad SMARTS) is 1. The van der Waals surface area contributed by atoms with E-state index in [1.54, 1.807) is 6.07 Å². The third-order valence-electron chi connectivity index (χ3n) is 2.32. The average Bonchev–Trinajstić information content (AvgIpc) is 2.41. The minimum absolute atomic E-state index is 0.00630. The molecule has 0 atom stereocenters. The molecule has 8 heteroatoms. The van der Waals surface area contributed by atoms with Crippen LogP contribution in [0.3, 0.4) is 0 Å². The summed E-state index contributed by atoms with van der Waals surface area (Å²) in [5.41, 5.74) is -0.506. The maximum absolute atomic E-state index is 13.0. The van der Waals surface area contributed by atoms with E-state index in [9.17, 15) is 19.3 Å². The lowest BCUT2D eigenvalue weighted by molar-refractivity contribution is -0.387. The average molecular weight is 294 g/mol. The summed E-state index contributed by atoms with van der Waals surface area (Å²) in [7, 11) is 0. The molecular weight excluding hydrogens is 287 g/mol. The number of rotatable bonds is 4. The van der Waals surface area contributed by atoms with Crippen molar-refractivity contribution in [1.82, 2.24) is 4.98 Å². The molecule has 0 aliphatic heterocycles. The zero-order valence-corrected chi connectivity index (χ0v) is 10.6. The molecule has 0 radical (unpaired) electrons. The van der Waals surface area contributed by atoms with Crippen LogP contribution in [0.15, 0.2) is 46.5 Å². The Hall–Kier alpha value is -2.48. The summed E-state index contributed by atoms with van der Waals surface area (Å²) in [5, 5.41) is 19.9. The van der Waals surface area contributed by atoms with E-state index in [0.717, 1.165) is 24.0 Å². The van der Waals surface area contributed by atoms with Gasteiger partial charge in [0.05, 0.1) is 21.6 Å². The number of halogens is 1. The van der Waals surface area contributed by atoms with E-state index in [0.29, 0.717) is 0 Å². The maximum Gasteiger partial charge on any atom is 0.338 e. The van der Waals surface area contributed by atoms with Crippen LogP contribution in [0.4, 0.5) is 10.1 Å². The SMILES string of the molecule is O=C(O)c1cc(F)cnc1Sc1ccccc1[N+](=O)[O-]. The number of para-hydroxylation sites is 1. The first kappa shape index (κ1) is 13.9. The van der Waals surface area contributed by atoms with E-state index < -0.39 is 16.7 Å². The van der Waals surface area contributed by atoms with E-state index in [1.807, 2.05) is 0 Å². The van der Waals surface area contributed by atoms with E-state index in [2.05, 4.69) is 4.98 Å². The summed E-state index contributed by atoms with van der Waals surface area (Å²) >= 11 is 0.806. The molecule has 20 heavy (non-hydrogen) atoms. The van der Waals surface area contributed by atoms with Crippen LogP contribution in [0, 0.1) is 15.9 Å². The van der Waals surface area contributed by atoms with Crippen molar-refractivity contribution in [2.75, 3.05) is 0 Å². The molecule has 0 saturated carbocycles. The first-order valence-electron chi connectivity index (χ1n) is 5.29. The number of nitro groups is 1. The number of nitro benzene ring substituents is 1. The van der Waals surface area contributed by atoms with Crippen LogP contribution in [0.1, 0.15) is 10.4 Å². The fourth-order valence-corrected chi connectivity index (χ4v) is 2.42. The van der Waals surface area contributed by atoms with E-state index in [1.165, 1.54) is 18.2 Å². The van der Waals surface area contributed by atoms with Gasteiger partial charge in [0.1, 0.15) is 10.8 Å². The molecule has 2 rings (SSSR count). The van der Waals surface area contributed by atoms with Crippen molar-refractivity contribution in [3.63, 3.8) is 0 Å². The second-order valence-electron chi connectivity index (χ2n) is 3.64. The Labute approximate surface area is 116 Å². The molecule has 1 N–H and O–H groups in total. The van der Waals surface area contributed by atoms with Gasteiger partial charge in [0, 0.05) is 6.07 Å². The lowest BCUT2D eigenvalue weighted by Gasteiger charge is -2.05. The Bertz CT molecular complexity index is 693. The maximum atomic E-state index is 13.0. The van der Waals surface area contributed by atoms with Gasteiger partial charge in [0.25, 0.3) is 5.69 Å². The lowest BCUT2D eigenvalue weighted by atomic mass is 10.3. The van der Waals surface area contributed by atoms with Crippen LogP contribution in [0.5, 0.6) is 0 Å². The number of nitrogens with zero attached hydrogens (tertiary/aromatic N) is 2. The third kappa shape index (κ3) is 2.91. The Morgan fingerprint density at radius 1 is 1.40 bits per heavy atom. The normalized spacial score (nSPS) is 10.2. The molecule has 0 aliphatic rings. The van der Waals surface area contributed by atoms with Crippen molar-refractivity contribution >= 4 is 23.4 Å². The largest absolute Gasteiger partial charge is 0.478 e. The molecule has 0 bridgehead atoms. The molecule has 1 aromatic heterocycles. The fourth-order valence-electron chi connectivity index (χ4n) is 1.46. The minimum atomic E-state index is -1.35.